The summed E-state index contributed by atoms with van der Waals surface area (Å²) in [5.41, 5.74) is 1.06. The molecular weight excluding hydrogens is 238 g/mol. The number of benzene rings is 1. The lowest BCUT2D eigenvalue weighted by Crippen LogP contribution is -2.27. The van der Waals surface area contributed by atoms with Crippen LogP contribution in [-0.4, -0.2) is 22.9 Å². The first kappa shape index (κ1) is 11.5. The van der Waals surface area contributed by atoms with Crippen molar-refractivity contribution in [3.8, 4) is 0 Å². The number of amides is 1. The van der Waals surface area contributed by atoms with Crippen molar-refractivity contribution in [2.75, 3.05) is 11.9 Å². The molecule has 0 radical (unpaired) electrons. The van der Waals surface area contributed by atoms with Crippen LogP contribution in [0.2, 0.25) is 5.15 Å². The van der Waals surface area contributed by atoms with Crippen molar-refractivity contribution in [3.05, 3.63) is 53.6 Å². The van der Waals surface area contributed by atoms with Gasteiger partial charge in [0.25, 0.3) is 5.91 Å². The van der Waals surface area contributed by atoms with Crippen LogP contribution in [0.1, 0.15) is 10.5 Å². The van der Waals surface area contributed by atoms with Crippen LogP contribution in [-0.2, 0) is 0 Å². The Morgan fingerprint density at radius 1 is 1.18 bits per heavy atom. The number of aromatic nitrogens is 2. The van der Waals surface area contributed by atoms with E-state index in [0.717, 1.165) is 5.69 Å². The van der Waals surface area contributed by atoms with E-state index < -0.39 is 0 Å². The number of para-hydroxylation sites is 1. The first-order chi connectivity index (χ1) is 8.18. The predicted molar refractivity (Wildman–Crippen MR) is 66.2 cm³/mol. The zero-order valence-electron chi connectivity index (χ0n) is 9.17. The third kappa shape index (κ3) is 2.60. The Morgan fingerprint density at radius 3 is 2.47 bits per heavy atom. The third-order valence-electron chi connectivity index (χ3n) is 2.29. The summed E-state index contributed by atoms with van der Waals surface area (Å²) < 4.78 is 0. The second kappa shape index (κ2) is 4.93. The minimum absolute atomic E-state index is 0.222. The molecule has 2 aromatic rings. The molecule has 2 rings (SSSR count). The summed E-state index contributed by atoms with van der Waals surface area (Å²) in [7, 11) is 1.69. The van der Waals surface area contributed by atoms with Crippen molar-refractivity contribution in [3.63, 3.8) is 0 Å². The predicted octanol–water partition coefficient (Wildman–Crippen LogP) is 2.41. The van der Waals surface area contributed by atoms with E-state index in [0.29, 0.717) is 0 Å². The van der Waals surface area contributed by atoms with Crippen molar-refractivity contribution in [2.24, 2.45) is 0 Å². The van der Waals surface area contributed by atoms with Gasteiger partial charge in [0.05, 0.1) is 12.4 Å². The van der Waals surface area contributed by atoms with Crippen LogP contribution < -0.4 is 4.90 Å². The molecular formula is C12H10ClN3O. The molecule has 1 aromatic carbocycles. The summed E-state index contributed by atoms with van der Waals surface area (Å²) in [6.45, 7) is 0. The van der Waals surface area contributed by atoms with E-state index in [1.165, 1.54) is 17.3 Å². The summed E-state index contributed by atoms with van der Waals surface area (Å²) >= 11 is 5.61. The molecule has 0 aliphatic heterocycles. The maximum atomic E-state index is 12.0. The molecule has 0 atom stereocenters. The average molecular weight is 248 g/mol. The van der Waals surface area contributed by atoms with Gasteiger partial charge in [0.1, 0.15) is 10.8 Å². The molecule has 0 N–H and O–H groups in total. The van der Waals surface area contributed by atoms with E-state index in [-0.39, 0.29) is 16.8 Å². The van der Waals surface area contributed by atoms with Gasteiger partial charge in [0.15, 0.2) is 0 Å². The van der Waals surface area contributed by atoms with Gasteiger partial charge in [0.2, 0.25) is 0 Å². The Morgan fingerprint density at radius 2 is 1.88 bits per heavy atom. The number of nitrogens with zero attached hydrogens (tertiary/aromatic N) is 3. The first-order valence-corrected chi connectivity index (χ1v) is 5.37. The second-order valence-corrected chi connectivity index (χ2v) is 3.81. The minimum atomic E-state index is -0.222. The molecule has 0 bridgehead atoms. The average Bonchev–Trinajstić information content (AvgIpc) is 2.39. The standard InChI is InChI=1S/C12H10ClN3O/c1-16(9-5-3-2-4-6-9)12(17)10-7-15-11(13)8-14-10/h2-8H,1H3. The molecule has 1 amide bonds. The number of halogens is 1. The fourth-order valence-electron chi connectivity index (χ4n) is 1.36. The Labute approximate surface area is 104 Å². The lowest BCUT2D eigenvalue weighted by atomic mass is 10.3. The van der Waals surface area contributed by atoms with E-state index in [1.807, 2.05) is 30.3 Å². The van der Waals surface area contributed by atoms with Gasteiger partial charge in [-0.2, -0.15) is 0 Å². The molecule has 1 aromatic heterocycles. The lowest BCUT2D eigenvalue weighted by molar-refractivity contribution is 0.0988. The number of hydrogen-bond acceptors (Lipinski definition) is 3. The molecule has 0 aliphatic carbocycles. The highest BCUT2D eigenvalue weighted by Crippen LogP contribution is 2.13. The fraction of sp³-hybridized carbons (Fsp3) is 0.0833. The zero-order chi connectivity index (χ0) is 12.3. The van der Waals surface area contributed by atoms with E-state index in [2.05, 4.69) is 9.97 Å². The maximum absolute atomic E-state index is 12.0. The minimum Gasteiger partial charge on any atom is -0.310 e. The third-order valence-corrected chi connectivity index (χ3v) is 2.48. The number of hydrogen-bond donors (Lipinski definition) is 0. The van der Waals surface area contributed by atoms with Crippen LogP contribution >= 0.6 is 11.6 Å². The van der Waals surface area contributed by atoms with Crippen LogP contribution in [0, 0.1) is 0 Å². The van der Waals surface area contributed by atoms with Crippen LogP contribution in [0.4, 0.5) is 5.69 Å². The molecule has 0 saturated heterocycles. The Balaban J connectivity index is 2.23. The van der Waals surface area contributed by atoms with Crippen LogP contribution in [0.15, 0.2) is 42.7 Å². The smallest absolute Gasteiger partial charge is 0.278 e. The van der Waals surface area contributed by atoms with Gasteiger partial charge in [-0.05, 0) is 12.1 Å². The van der Waals surface area contributed by atoms with Gasteiger partial charge < -0.3 is 4.90 Å². The van der Waals surface area contributed by atoms with E-state index >= 15 is 0 Å². The topological polar surface area (TPSA) is 46.1 Å². The highest BCUT2D eigenvalue weighted by atomic mass is 35.5. The van der Waals surface area contributed by atoms with Crippen LogP contribution in [0.5, 0.6) is 0 Å². The summed E-state index contributed by atoms with van der Waals surface area (Å²) in [5.74, 6) is -0.222. The quantitative estimate of drug-likeness (QED) is 0.819. The molecule has 1 heterocycles. The van der Waals surface area contributed by atoms with Gasteiger partial charge in [-0.1, -0.05) is 29.8 Å². The summed E-state index contributed by atoms with van der Waals surface area (Å²) in [6.07, 6.45) is 2.72. The molecule has 17 heavy (non-hydrogen) atoms. The Hall–Kier alpha value is -1.94. The fourth-order valence-corrected chi connectivity index (χ4v) is 1.46. The molecule has 0 aliphatic rings. The van der Waals surface area contributed by atoms with E-state index in [9.17, 15) is 4.79 Å². The summed E-state index contributed by atoms with van der Waals surface area (Å²) in [5, 5.41) is 0.268. The van der Waals surface area contributed by atoms with E-state index in [4.69, 9.17) is 11.6 Å². The number of carbonyl (C=O) groups is 1. The molecule has 0 fully saturated rings. The number of anilines is 1. The van der Waals surface area contributed by atoms with Crippen LogP contribution in [0.25, 0.3) is 0 Å². The van der Waals surface area contributed by atoms with Crippen molar-refractivity contribution < 1.29 is 4.79 Å². The Bertz CT molecular complexity index is 513. The molecule has 5 heteroatoms. The zero-order valence-corrected chi connectivity index (χ0v) is 9.93. The van der Waals surface area contributed by atoms with Gasteiger partial charge in [-0.25, -0.2) is 9.97 Å². The molecule has 0 saturated carbocycles. The normalized spacial score (nSPS) is 10.0. The van der Waals surface area contributed by atoms with Gasteiger partial charge in [-0.15, -0.1) is 0 Å². The Kier molecular flexibility index (Phi) is 3.35. The SMILES string of the molecule is CN(C(=O)c1cnc(Cl)cn1)c1ccccc1. The van der Waals surface area contributed by atoms with Gasteiger partial charge in [-0.3, -0.25) is 4.79 Å². The summed E-state index contributed by atoms with van der Waals surface area (Å²) in [4.78, 5) is 21.3. The first-order valence-electron chi connectivity index (χ1n) is 4.99. The van der Waals surface area contributed by atoms with Crippen molar-refractivity contribution >= 4 is 23.2 Å². The molecule has 0 spiro atoms. The number of carbonyl (C=O) groups excluding carboxylic acids is 1. The summed E-state index contributed by atoms with van der Waals surface area (Å²) in [6, 6.07) is 9.33. The van der Waals surface area contributed by atoms with Crippen molar-refractivity contribution in [1.29, 1.82) is 0 Å². The van der Waals surface area contributed by atoms with Gasteiger partial charge >= 0.3 is 0 Å². The van der Waals surface area contributed by atoms with Gasteiger partial charge in [0, 0.05) is 12.7 Å². The van der Waals surface area contributed by atoms with Crippen LogP contribution in [0.3, 0.4) is 0 Å². The van der Waals surface area contributed by atoms with Crippen molar-refractivity contribution in [1.82, 2.24) is 9.97 Å². The molecule has 0 unspecified atom stereocenters. The number of rotatable bonds is 2. The van der Waals surface area contributed by atoms with E-state index in [1.54, 1.807) is 7.05 Å². The lowest BCUT2D eigenvalue weighted by Gasteiger charge is -2.16. The second-order valence-electron chi connectivity index (χ2n) is 3.42. The molecule has 4 nitrogen and oxygen atoms in total. The van der Waals surface area contributed by atoms with Crippen molar-refractivity contribution in [2.45, 2.75) is 0 Å². The monoisotopic (exact) mass is 247 g/mol. The highest BCUT2D eigenvalue weighted by molar-refractivity contribution is 6.29. The highest BCUT2D eigenvalue weighted by Gasteiger charge is 2.14. The largest absolute Gasteiger partial charge is 0.310 e. The maximum Gasteiger partial charge on any atom is 0.278 e. The molecule has 86 valence electrons.